The Balaban J connectivity index is 1.55. The van der Waals surface area contributed by atoms with Gasteiger partial charge in [-0.15, -0.1) is 0 Å². The first-order valence-electron chi connectivity index (χ1n) is 9.53. The predicted molar refractivity (Wildman–Crippen MR) is 91.9 cm³/mol. The molecule has 3 heteroatoms. The maximum atomic E-state index is 3.67. The van der Waals surface area contributed by atoms with E-state index in [-0.39, 0.29) is 0 Å². The average Bonchev–Trinajstić information content (AvgIpc) is 3.05. The number of rotatable bonds is 9. The number of nitrogens with zero attached hydrogens (tertiary/aromatic N) is 2. The van der Waals surface area contributed by atoms with E-state index in [9.17, 15) is 0 Å². The van der Waals surface area contributed by atoms with Crippen LogP contribution in [0, 0.1) is 0 Å². The lowest BCUT2D eigenvalue weighted by Gasteiger charge is -2.38. The molecule has 21 heavy (non-hydrogen) atoms. The minimum absolute atomic E-state index is 0.740. The maximum absolute atomic E-state index is 3.67. The Kier molecular flexibility index (Phi) is 8.05. The van der Waals surface area contributed by atoms with Crippen LogP contribution in [0.1, 0.15) is 65.2 Å². The molecule has 2 aliphatic rings. The average molecular weight is 296 g/mol. The van der Waals surface area contributed by atoms with Crippen molar-refractivity contribution in [3.05, 3.63) is 0 Å². The molecular weight excluding hydrogens is 258 g/mol. The van der Waals surface area contributed by atoms with Crippen molar-refractivity contribution in [3.8, 4) is 0 Å². The number of hydrogen-bond donors (Lipinski definition) is 1. The van der Waals surface area contributed by atoms with Crippen LogP contribution in [0.25, 0.3) is 0 Å². The Hall–Kier alpha value is -0.120. The van der Waals surface area contributed by atoms with E-state index in [0.717, 1.165) is 12.1 Å². The Morgan fingerprint density at radius 3 is 2.38 bits per heavy atom. The van der Waals surface area contributed by atoms with E-state index in [0.29, 0.717) is 0 Å². The lowest BCUT2D eigenvalue weighted by atomic mass is 10.1. The summed E-state index contributed by atoms with van der Waals surface area (Å²) in [5.74, 6) is 0. The van der Waals surface area contributed by atoms with Crippen molar-refractivity contribution in [2.45, 2.75) is 77.3 Å². The van der Waals surface area contributed by atoms with Gasteiger partial charge in [0.25, 0.3) is 0 Å². The second-order valence-electron chi connectivity index (χ2n) is 7.02. The molecule has 1 N–H and O–H groups in total. The highest BCUT2D eigenvalue weighted by atomic mass is 15.3. The number of piperazine rings is 1. The van der Waals surface area contributed by atoms with Gasteiger partial charge < -0.3 is 10.2 Å². The van der Waals surface area contributed by atoms with Crippen LogP contribution >= 0.6 is 0 Å². The van der Waals surface area contributed by atoms with Crippen molar-refractivity contribution in [2.75, 3.05) is 39.3 Å². The SMILES string of the molecule is CCCNC(CC)CCCN1CCN(C2CCCC2)CC1. The molecule has 0 amide bonds. The molecule has 1 heterocycles. The highest BCUT2D eigenvalue weighted by molar-refractivity contribution is 4.82. The van der Waals surface area contributed by atoms with Crippen molar-refractivity contribution in [1.82, 2.24) is 15.1 Å². The summed E-state index contributed by atoms with van der Waals surface area (Å²) in [5.41, 5.74) is 0. The van der Waals surface area contributed by atoms with E-state index in [2.05, 4.69) is 29.0 Å². The second kappa shape index (κ2) is 9.81. The van der Waals surface area contributed by atoms with Crippen LogP contribution in [0.3, 0.4) is 0 Å². The first-order chi connectivity index (χ1) is 10.3. The van der Waals surface area contributed by atoms with Crippen LogP contribution in [0.5, 0.6) is 0 Å². The van der Waals surface area contributed by atoms with Crippen molar-refractivity contribution < 1.29 is 0 Å². The molecular formula is C18H37N3. The number of nitrogens with one attached hydrogen (secondary N) is 1. The molecule has 0 aromatic rings. The topological polar surface area (TPSA) is 18.5 Å². The number of hydrogen-bond acceptors (Lipinski definition) is 3. The Morgan fingerprint density at radius 2 is 1.76 bits per heavy atom. The quantitative estimate of drug-likeness (QED) is 0.705. The van der Waals surface area contributed by atoms with Gasteiger partial charge in [0.1, 0.15) is 0 Å². The maximum Gasteiger partial charge on any atom is 0.0113 e. The van der Waals surface area contributed by atoms with Gasteiger partial charge in [-0.3, -0.25) is 4.90 Å². The zero-order valence-electron chi connectivity index (χ0n) is 14.4. The van der Waals surface area contributed by atoms with Crippen molar-refractivity contribution in [2.24, 2.45) is 0 Å². The van der Waals surface area contributed by atoms with Gasteiger partial charge >= 0.3 is 0 Å². The summed E-state index contributed by atoms with van der Waals surface area (Å²) < 4.78 is 0. The summed E-state index contributed by atoms with van der Waals surface area (Å²) in [5, 5.41) is 3.67. The molecule has 0 bridgehead atoms. The standard InChI is InChI=1S/C18H37N3/c1-3-11-19-17(4-2)8-7-12-20-13-15-21(16-14-20)18-9-5-6-10-18/h17-19H,3-16H2,1-2H3. The molecule has 1 saturated carbocycles. The lowest BCUT2D eigenvalue weighted by Crippen LogP contribution is -2.49. The molecule has 0 aromatic heterocycles. The predicted octanol–water partition coefficient (Wildman–Crippen LogP) is 3.11. The minimum atomic E-state index is 0.740. The highest BCUT2D eigenvalue weighted by Gasteiger charge is 2.25. The van der Waals surface area contributed by atoms with Gasteiger partial charge in [-0.05, 0) is 51.6 Å². The van der Waals surface area contributed by atoms with Crippen LogP contribution in [0.4, 0.5) is 0 Å². The Morgan fingerprint density at radius 1 is 1.05 bits per heavy atom. The monoisotopic (exact) mass is 295 g/mol. The Labute approximate surface area is 132 Å². The van der Waals surface area contributed by atoms with Gasteiger partial charge in [0.15, 0.2) is 0 Å². The van der Waals surface area contributed by atoms with Crippen LogP contribution in [0.2, 0.25) is 0 Å². The van der Waals surface area contributed by atoms with E-state index in [1.54, 1.807) is 0 Å². The molecule has 0 aromatic carbocycles. The van der Waals surface area contributed by atoms with Gasteiger partial charge in [0.2, 0.25) is 0 Å². The van der Waals surface area contributed by atoms with Gasteiger partial charge in [-0.2, -0.15) is 0 Å². The summed E-state index contributed by atoms with van der Waals surface area (Å²) in [6.07, 6.45) is 11.1. The van der Waals surface area contributed by atoms with Crippen LogP contribution in [0.15, 0.2) is 0 Å². The van der Waals surface area contributed by atoms with Gasteiger partial charge in [-0.1, -0.05) is 26.7 Å². The van der Waals surface area contributed by atoms with E-state index in [1.165, 1.54) is 90.6 Å². The van der Waals surface area contributed by atoms with Crippen molar-refractivity contribution in [1.29, 1.82) is 0 Å². The fraction of sp³-hybridized carbons (Fsp3) is 1.00. The molecule has 124 valence electrons. The molecule has 1 aliphatic carbocycles. The molecule has 2 rings (SSSR count). The summed E-state index contributed by atoms with van der Waals surface area (Å²) in [6, 6.07) is 1.67. The van der Waals surface area contributed by atoms with Crippen LogP contribution in [-0.4, -0.2) is 61.2 Å². The summed E-state index contributed by atoms with van der Waals surface area (Å²) in [4.78, 5) is 5.46. The summed E-state index contributed by atoms with van der Waals surface area (Å²) in [7, 11) is 0. The molecule has 2 fully saturated rings. The lowest BCUT2D eigenvalue weighted by molar-refractivity contribution is 0.0962. The minimum Gasteiger partial charge on any atom is -0.314 e. The first-order valence-corrected chi connectivity index (χ1v) is 9.53. The van der Waals surface area contributed by atoms with Crippen LogP contribution < -0.4 is 5.32 Å². The Bertz CT molecular complexity index is 255. The first kappa shape index (κ1) is 17.2. The highest BCUT2D eigenvalue weighted by Crippen LogP contribution is 2.24. The van der Waals surface area contributed by atoms with Crippen LogP contribution in [-0.2, 0) is 0 Å². The van der Waals surface area contributed by atoms with Gasteiger partial charge in [-0.25, -0.2) is 0 Å². The van der Waals surface area contributed by atoms with E-state index in [1.807, 2.05) is 0 Å². The van der Waals surface area contributed by atoms with E-state index >= 15 is 0 Å². The summed E-state index contributed by atoms with van der Waals surface area (Å²) in [6.45, 7) is 12.3. The molecule has 1 saturated heterocycles. The largest absolute Gasteiger partial charge is 0.314 e. The van der Waals surface area contributed by atoms with Crippen molar-refractivity contribution >= 4 is 0 Å². The molecule has 0 spiro atoms. The van der Waals surface area contributed by atoms with E-state index in [4.69, 9.17) is 0 Å². The molecule has 3 nitrogen and oxygen atoms in total. The molecule has 1 unspecified atom stereocenters. The second-order valence-corrected chi connectivity index (χ2v) is 7.02. The fourth-order valence-corrected chi connectivity index (χ4v) is 3.98. The third-order valence-electron chi connectivity index (χ3n) is 5.45. The van der Waals surface area contributed by atoms with Gasteiger partial charge in [0, 0.05) is 38.3 Å². The van der Waals surface area contributed by atoms with Gasteiger partial charge in [0.05, 0.1) is 0 Å². The molecule has 1 aliphatic heterocycles. The molecule has 0 radical (unpaired) electrons. The smallest absolute Gasteiger partial charge is 0.0113 e. The third-order valence-corrected chi connectivity index (χ3v) is 5.45. The molecule has 1 atom stereocenters. The fourth-order valence-electron chi connectivity index (χ4n) is 3.98. The third kappa shape index (κ3) is 5.88. The van der Waals surface area contributed by atoms with E-state index < -0.39 is 0 Å². The zero-order valence-corrected chi connectivity index (χ0v) is 14.4. The normalized spacial score (nSPS) is 23.7. The van der Waals surface area contributed by atoms with Crippen molar-refractivity contribution in [3.63, 3.8) is 0 Å². The summed E-state index contributed by atoms with van der Waals surface area (Å²) >= 11 is 0. The zero-order chi connectivity index (χ0) is 14.9.